The number of nitrogens with two attached hydrogens (primary N) is 1. The van der Waals surface area contributed by atoms with E-state index in [-0.39, 0.29) is 5.91 Å². The van der Waals surface area contributed by atoms with Gasteiger partial charge in [-0.1, -0.05) is 72.8 Å². The van der Waals surface area contributed by atoms with Crippen molar-refractivity contribution in [2.45, 2.75) is 5.92 Å². The quantitative estimate of drug-likeness (QED) is 0.466. The van der Waals surface area contributed by atoms with E-state index in [4.69, 9.17) is 5.73 Å². The number of nitrogens with zero attached hydrogens (tertiary/aromatic N) is 1. The van der Waals surface area contributed by atoms with Gasteiger partial charge in [0.25, 0.3) is 0 Å². The number of nitrogen functional groups attached to an aromatic ring is 1. The van der Waals surface area contributed by atoms with E-state index in [1.807, 2.05) is 90.3 Å². The third-order valence-electron chi connectivity index (χ3n) is 4.47. The number of rotatable bonds is 5. The highest BCUT2D eigenvalue weighted by molar-refractivity contribution is 7.14. The first kappa shape index (κ1) is 17.9. The second-order valence-corrected chi connectivity index (χ2v) is 7.26. The average molecular weight is 385 g/mol. The van der Waals surface area contributed by atoms with Crippen LogP contribution in [0.2, 0.25) is 0 Å². The lowest BCUT2D eigenvalue weighted by molar-refractivity contribution is -0.116. The van der Waals surface area contributed by atoms with Gasteiger partial charge in [0.2, 0.25) is 5.91 Å². The summed E-state index contributed by atoms with van der Waals surface area (Å²) in [6, 6.07) is 27.1. The third-order valence-corrected chi connectivity index (χ3v) is 5.23. The van der Waals surface area contributed by atoms with Crippen LogP contribution < -0.4 is 11.1 Å². The van der Waals surface area contributed by atoms with Gasteiger partial charge in [-0.3, -0.25) is 4.79 Å². The zero-order chi connectivity index (χ0) is 19.3. The fourth-order valence-electron chi connectivity index (χ4n) is 3.08. The Morgan fingerprint density at radius 1 is 0.857 bits per heavy atom. The molecule has 1 heterocycles. The first-order valence-corrected chi connectivity index (χ1v) is 9.81. The van der Waals surface area contributed by atoms with Crippen LogP contribution in [0.1, 0.15) is 17.0 Å². The summed E-state index contributed by atoms with van der Waals surface area (Å²) in [6.07, 6.45) is 0. The zero-order valence-corrected chi connectivity index (χ0v) is 15.9. The zero-order valence-electron chi connectivity index (χ0n) is 15.1. The molecular formula is C23H19N3OS. The summed E-state index contributed by atoms with van der Waals surface area (Å²) in [6.45, 7) is 0. The van der Waals surface area contributed by atoms with Gasteiger partial charge in [0.05, 0.1) is 11.6 Å². The van der Waals surface area contributed by atoms with E-state index >= 15 is 0 Å². The predicted octanol–water partition coefficient (Wildman–Crippen LogP) is 5.16. The Kier molecular flexibility index (Phi) is 5.17. The summed E-state index contributed by atoms with van der Waals surface area (Å²) in [4.78, 5) is 17.7. The maximum atomic E-state index is 13.1. The lowest BCUT2D eigenvalue weighted by Crippen LogP contribution is -2.22. The van der Waals surface area contributed by atoms with Gasteiger partial charge in [-0.05, 0) is 23.3 Å². The van der Waals surface area contributed by atoms with Crippen LogP contribution in [0.5, 0.6) is 0 Å². The molecule has 4 nitrogen and oxygen atoms in total. The molecule has 0 radical (unpaired) electrons. The molecule has 0 saturated heterocycles. The Balaban J connectivity index is 1.59. The van der Waals surface area contributed by atoms with Gasteiger partial charge in [0, 0.05) is 16.6 Å². The number of thiazole rings is 1. The van der Waals surface area contributed by atoms with Crippen molar-refractivity contribution in [2.75, 3.05) is 11.1 Å². The molecule has 28 heavy (non-hydrogen) atoms. The number of aromatic nitrogens is 1. The van der Waals surface area contributed by atoms with Crippen molar-refractivity contribution in [3.8, 4) is 11.3 Å². The van der Waals surface area contributed by atoms with Crippen LogP contribution in [0.4, 0.5) is 10.8 Å². The van der Waals surface area contributed by atoms with Crippen LogP contribution in [0.3, 0.4) is 0 Å². The maximum absolute atomic E-state index is 13.1. The normalized spacial score (nSPS) is 10.8. The molecule has 4 aromatic rings. The van der Waals surface area contributed by atoms with Crippen molar-refractivity contribution in [1.82, 2.24) is 4.98 Å². The van der Waals surface area contributed by atoms with Crippen molar-refractivity contribution < 1.29 is 4.79 Å². The molecule has 5 heteroatoms. The fourth-order valence-corrected chi connectivity index (χ4v) is 3.80. The minimum absolute atomic E-state index is 0.101. The number of carbonyl (C=O) groups excluding carboxylic acids is 1. The van der Waals surface area contributed by atoms with Gasteiger partial charge in [0.15, 0.2) is 5.13 Å². The first-order valence-electron chi connectivity index (χ1n) is 8.93. The van der Waals surface area contributed by atoms with E-state index in [1.165, 1.54) is 11.3 Å². The topological polar surface area (TPSA) is 68.0 Å². The maximum Gasteiger partial charge on any atom is 0.238 e. The van der Waals surface area contributed by atoms with Crippen molar-refractivity contribution in [3.05, 3.63) is 101 Å². The summed E-state index contributed by atoms with van der Waals surface area (Å²) in [5, 5.41) is 5.49. The average Bonchev–Trinajstić information content (AvgIpc) is 3.19. The molecule has 0 bridgehead atoms. The Bertz CT molecular complexity index is 1020. The SMILES string of the molecule is Nc1ccc(-c2csc(NC(=O)C(c3ccccc3)c3ccccc3)n2)cc1. The van der Waals surface area contributed by atoms with Crippen LogP contribution in [0, 0.1) is 0 Å². The van der Waals surface area contributed by atoms with Gasteiger partial charge in [-0.25, -0.2) is 4.98 Å². The number of anilines is 2. The summed E-state index contributed by atoms with van der Waals surface area (Å²) >= 11 is 1.41. The van der Waals surface area contributed by atoms with Crippen molar-refractivity contribution in [3.63, 3.8) is 0 Å². The Morgan fingerprint density at radius 2 is 1.43 bits per heavy atom. The summed E-state index contributed by atoms with van der Waals surface area (Å²) in [5.41, 5.74) is 10.1. The molecular weight excluding hydrogens is 366 g/mol. The minimum Gasteiger partial charge on any atom is -0.399 e. The molecule has 1 amide bonds. The van der Waals surface area contributed by atoms with Crippen molar-refractivity contribution in [1.29, 1.82) is 0 Å². The molecule has 138 valence electrons. The molecule has 3 aromatic carbocycles. The number of hydrogen-bond donors (Lipinski definition) is 2. The lowest BCUT2D eigenvalue weighted by atomic mass is 9.90. The summed E-state index contributed by atoms with van der Waals surface area (Å²) in [7, 11) is 0. The van der Waals surface area contributed by atoms with Gasteiger partial charge in [-0.2, -0.15) is 0 Å². The van der Waals surface area contributed by atoms with Crippen molar-refractivity contribution >= 4 is 28.1 Å². The molecule has 0 atom stereocenters. The number of nitrogens with one attached hydrogen (secondary N) is 1. The van der Waals surface area contributed by atoms with E-state index in [9.17, 15) is 4.79 Å². The molecule has 3 N–H and O–H groups in total. The van der Waals surface area contributed by atoms with Gasteiger partial charge in [-0.15, -0.1) is 11.3 Å². The molecule has 0 aliphatic carbocycles. The highest BCUT2D eigenvalue weighted by atomic mass is 32.1. The number of benzene rings is 3. The lowest BCUT2D eigenvalue weighted by Gasteiger charge is -2.17. The largest absolute Gasteiger partial charge is 0.399 e. The highest BCUT2D eigenvalue weighted by Gasteiger charge is 2.23. The molecule has 0 spiro atoms. The highest BCUT2D eigenvalue weighted by Crippen LogP contribution is 2.29. The minimum atomic E-state index is -0.397. The van der Waals surface area contributed by atoms with E-state index < -0.39 is 5.92 Å². The molecule has 0 saturated carbocycles. The number of amides is 1. The van der Waals surface area contributed by atoms with Crippen LogP contribution >= 0.6 is 11.3 Å². The molecule has 0 aliphatic rings. The van der Waals surface area contributed by atoms with E-state index in [0.29, 0.717) is 10.8 Å². The first-order chi connectivity index (χ1) is 13.7. The van der Waals surface area contributed by atoms with Crippen molar-refractivity contribution in [2.24, 2.45) is 0 Å². The van der Waals surface area contributed by atoms with E-state index in [0.717, 1.165) is 22.4 Å². The molecule has 0 aliphatic heterocycles. The predicted molar refractivity (Wildman–Crippen MR) is 115 cm³/mol. The van der Waals surface area contributed by atoms with E-state index in [1.54, 1.807) is 0 Å². The smallest absolute Gasteiger partial charge is 0.238 e. The standard InChI is InChI=1S/C23H19N3OS/c24-19-13-11-16(12-14-19)20-15-28-23(25-20)26-22(27)21(17-7-3-1-4-8-17)18-9-5-2-6-10-18/h1-15,21H,24H2,(H,25,26,27). The van der Waals surface area contributed by atoms with Crippen LogP contribution in [-0.2, 0) is 4.79 Å². The number of carbonyl (C=O) groups is 1. The second kappa shape index (κ2) is 8.06. The Hall–Kier alpha value is -3.44. The Labute approximate surface area is 167 Å². The van der Waals surface area contributed by atoms with E-state index in [2.05, 4.69) is 10.3 Å². The molecule has 4 rings (SSSR count). The van der Waals surface area contributed by atoms with Gasteiger partial charge >= 0.3 is 0 Å². The second-order valence-electron chi connectivity index (χ2n) is 6.40. The molecule has 0 fully saturated rings. The molecule has 0 unspecified atom stereocenters. The monoisotopic (exact) mass is 385 g/mol. The summed E-state index contributed by atoms with van der Waals surface area (Å²) < 4.78 is 0. The van der Waals surface area contributed by atoms with Crippen LogP contribution in [-0.4, -0.2) is 10.9 Å². The molecule has 1 aromatic heterocycles. The van der Waals surface area contributed by atoms with Gasteiger partial charge < -0.3 is 11.1 Å². The summed E-state index contributed by atoms with van der Waals surface area (Å²) in [5.74, 6) is -0.498. The van der Waals surface area contributed by atoms with Crippen LogP contribution in [0.15, 0.2) is 90.3 Å². The third kappa shape index (κ3) is 3.94. The van der Waals surface area contributed by atoms with Crippen LogP contribution in [0.25, 0.3) is 11.3 Å². The number of hydrogen-bond acceptors (Lipinski definition) is 4. The Morgan fingerprint density at radius 3 is 2.00 bits per heavy atom. The van der Waals surface area contributed by atoms with Gasteiger partial charge in [0.1, 0.15) is 0 Å². The fraction of sp³-hybridized carbons (Fsp3) is 0.0435.